The maximum absolute atomic E-state index is 13.3. The molecule has 148 valence electrons. The number of anilines is 1. The predicted molar refractivity (Wildman–Crippen MR) is 107 cm³/mol. The summed E-state index contributed by atoms with van der Waals surface area (Å²) in [5, 5.41) is 0. The standard InChI is InChI=1S/C23H27NO4/c1-3-4-12-26-19-9-7-18(8-10-19)16-24-21-11-6-17(2)15-20(21)23(22(24)25)27-13-5-14-28-23/h6-11,15H,3-5,12-14,16H2,1-2H3. The lowest BCUT2D eigenvalue weighted by molar-refractivity contribution is -0.256. The van der Waals surface area contributed by atoms with E-state index in [2.05, 4.69) is 6.92 Å². The Kier molecular flexibility index (Phi) is 5.38. The van der Waals surface area contributed by atoms with Crippen molar-refractivity contribution in [3.05, 3.63) is 59.2 Å². The molecule has 1 fully saturated rings. The van der Waals surface area contributed by atoms with Crippen LogP contribution < -0.4 is 9.64 Å². The van der Waals surface area contributed by atoms with Gasteiger partial charge in [0.15, 0.2) is 0 Å². The predicted octanol–water partition coefficient (Wildman–Crippen LogP) is 4.31. The van der Waals surface area contributed by atoms with E-state index in [1.807, 2.05) is 49.4 Å². The van der Waals surface area contributed by atoms with Gasteiger partial charge in [0.05, 0.1) is 32.1 Å². The number of carbonyl (C=O) groups is 1. The highest BCUT2D eigenvalue weighted by Gasteiger charge is 2.54. The lowest BCUT2D eigenvalue weighted by Gasteiger charge is -2.32. The average molecular weight is 381 g/mol. The molecule has 0 bridgehead atoms. The van der Waals surface area contributed by atoms with Crippen LogP contribution in [-0.2, 0) is 26.6 Å². The summed E-state index contributed by atoms with van der Waals surface area (Å²) in [7, 11) is 0. The van der Waals surface area contributed by atoms with Gasteiger partial charge in [-0.25, -0.2) is 0 Å². The molecule has 4 rings (SSSR count). The molecule has 0 atom stereocenters. The maximum atomic E-state index is 13.3. The van der Waals surface area contributed by atoms with Crippen LogP contribution in [0.25, 0.3) is 0 Å². The molecule has 2 heterocycles. The number of aryl methyl sites for hydroxylation is 1. The molecular weight excluding hydrogens is 354 g/mol. The second-order valence-corrected chi connectivity index (χ2v) is 7.42. The second kappa shape index (κ2) is 7.94. The number of ether oxygens (including phenoxy) is 3. The van der Waals surface area contributed by atoms with E-state index >= 15 is 0 Å². The molecule has 2 aromatic carbocycles. The minimum atomic E-state index is -1.29. The zero-order valence-corrected chi connectivity index (χ0v) is 16.6. The van der Waals surface area contributed by atoms with Gasteiger partial charge >= 0.3 is 0 Å². The van der Waals surface area contributed by atoms with Crippen LogP contribution in [0.1, 0.15) is 42.9 Å². The summed E-state index contributed by atoms with van der Waals surface area (Å²) in [6.07, 6.45) is 2.96. The molecule has 0 aliphatic carbocycles. The van der Waals surface area contributed by atoms with Gasteiger partial charge in [0, 0.05) is 5.56 Å². The fourth-order valence-corrected chi connectivity index (χ4v) is 3.73. The third-order valence-electron chi connectivity index (χ3n) is 5.25. The van der Waals surface area contributed by atoms with Crippen LogP contribution >= 0.6 is 0 Å². The van der Waals surface area contributed by atoms with Crippen LogP contribution in [0.4, 0.5) is 5.69 Å². The van der Waals surface area contributed by atoms with Crippen LogP contribution in [0.3, 0.4) is 0 Å². The fraction of sp³-hybridized carbons (Fsp3) is 0.435. The summed E-state index contributed by atoms with van der Waals surface area (Å²) >= 11 is 0. The van der Waals surface area contributed by atoms with Gasteiger partial charge in [-0.05, 0) is 49.6 Å². The summed E-state index contributed by atoms with van der Waals surface area (Å²) in [4.78, 5) is 15.1. The van der Waals surface area contributed by atoms with Crippen molar-refractivity contribution in [1.82, 2.24) is 0 Å². The Labute approximate surface area is 166 Å². The van der Waals surface area contributed by atoms with Crippen molar-refractivity contribution in [1.29, 1.82) is 0 Å². The zero-order valence-electron chi connectivity index (χ0n) is 16.6. The minimum Gasteiger partial charge on any atom is -0.494 e. The molecule has 2 aliphatic heterocycles. The first-order valence-corrected chi connectivity index (χ1v) is 10.1. The highest BCUT2D eigenvalue weighted by atomic mass is 16.7. The Bertz CT molecular complexity index is 840. The summed E-state index contributed by atoms with van der Waals surface area (Å²) in [6, 6.07) is 14.0. The van der Waals surface area contributed by atoms with E-state index in [4.69, 9.17) is 14.2 Å². The number of benzene rings is 2. The highest BCUT2D eigenvalue weighted by molar-refractivity contribution is 6.06. The summed E-state index contributed by atoms with van der Waals surface area (Å²) in [5.41, 5.74) is 3.80. The largest absolute Gasteiger partial charge is 0.494 e. The van der Waals surface area contributed by atoms with Gasteiger partial charge < -0.3 is 19.1 Å². The third kappa shape index (κ3) is 3.40. The maximum Gasteiger partial charge on any atom is 0.292 e. The highest BCUT2D eigenvalue weighted by Crippen LogP contribution is 2.46. The Morgan fingerprint density at radius 3 is 2.57 bits per heavy atom. The van der Waals surface area contributed by atoms with E-state index in [9.17, 15) is 4.79 Å². The smallest absolute Gasteiger partial charge is 0.292 e. The Hall–Kier alpha value is -2.37. The van der Waals surface area contributed by atoms with Crippen molar-refractivity contribution in [2.75, 3.05) is 24.7 Å². The quantitative estimate of drug-likeness (QED) is 0.700. The number of unbranched alkanes of at least 4 members (excludes halogenated alkanes) is 1. The van der Waals surface area contributed by atoms with E-state index < -0.39 is 5.79 Å². The molecule has 0 saturated carbocycles. The molecule has 1 saturated heterocycles. The summed E-state index contributed by atoms with van der Waals surface area (Å²) in [5.74, 6) is -0.574. The molecule has 1 amide bonds. The van der Waals surface area contributed by atoms with Gasteiger partial charge in [0.1, 0.15) is 5.75 Å². The zero-order chi connectivity index (χ0) is 19.6. The second-order valence-electron chi connectivity index (χ2n) is 7.42. The molecular formula is C23H27NO4. The van der Waals surface area contributed by atoms with E-state index in [0.29, 0.717) is 19.8 Å². The van der Waals surface area contributed by atoms with Gasteiger partial charge in [-0.1, -0.05) is 37.1 Å². The first-order valence-electron chi connectivity index (χ1n) is 10.1. The van der Waals surface area contributed by atoms with Crippen LogP contribution in [0.5, 0.6) is 5.75 Å². The topological polar surface area (TPSA) is 48.0 Å². The number of nitrogens with zero attached hydrogens (tertiary/aromatic N) is 1. The Morgan fingerprint density at radius 1 is 1.11 bits per heavy atom. The van der Waals surface area contributed by atoms with Crippen molar-refractivity contribution in [2.45, 2.75) is 45.4 Å². The number of carbonyl (C=O) groups excluding carboxylic acids is 1. The molecule has 2 aliphatic rings. The van der Waals surface area contributed by atoms with Crippen molar-refractivity contribution >= 4 is 11.6 Å². The lowest BCUT2D eigenvalue weighted by Crippen LogP contribution is -2.47. The molecule has 5 heteroatoms. The molecule has 1 spiro atoms. The van der Waals surface area contributed by atoms with Gasteiger partial charge in [-0.15, -0.1) is 0 Å². The number of amides is 1. The third-order valence-corrected chi connectivity index (χ3v) is 5.25. The van der Waals surface area contributed by atoms with Crippen molar-refractivity contribution in [3.8, 4) is 5.75 Å². The van der Waals surface area contributed by atoms with Crippen LogP contribution in [0.2, 0.25) is 0 Å². The molecule has 5 nitrogen and oxygen atoms in total. The first-order chi connectivity index (χ1) is 13.6. The molecule has 0 radical (unpaired) electrons. The van der Waals surface area contributed by atoms with Crippen LogP contribution in [-0.4, -0.2) is 25.7 Å². The van der Waals surface area contributed by atoms with Crippen molar-refractivity contribution in [3.63, 3.8) is 0 Å². The Balaban J connectivity index is 1.57. The lowest BCUT2D eigenvalue weighted by atomic mass is 10.0. The average Bonchev–Trinajstić information content (AvgIpc) is 2.92. The van der Waals surface area contributed by atoms with Crippen LogP contribution in [0.15, 0.2) is 42.5 Å². The molecule has 0 aromatic heterocycles. The number of rotatable bonds is 6. The molecule has 0 unspecified atom stereocenters. The number of hydrogen-bond acceptors (Lipinski definition) is 4. The van der Waals surface area contributed by atoms with Crippen molar-refractivity contribution < 1.29 is 19.0 Å². The summed E-state index contributed by atoms with van der Waals surface area (Å²) < 4.78 is 17.6. The number of fused-ring (bicyclic) bond motifs is 2. The van der Waals surface area contributed by atoms with E-state index in [1.165, 1.54) is 0 Å². The number of hydrogen-bond donors (Lipinski definition) is 0. The van der Waals surface area contributed by atoms with Gasteiger partial charge in [0.25, 0.3) is 11.7 Å². The van der Waals surface area contributed by atoms with E-state index in [-0.39, 0.29) is 5.91 Å². The molecule has 0 N–H and O–H groups in total. The van der Waals surface area contributed by atoms with E-state index in [1.54, 1.807) is 4.90 Å². The van der Waals surface area contributed by atoms with Gasteiger partial charge in [-0.3, -0.25) is 4.79 Å². The molecule has 2 aromatic rings. The first kappa shape index (κ1) is 19.0. The normalized spacial score (nSPS) is 17.8. The van der Waals surface area contributed by atoms with E-state index in [0.717, 1.165) is 54.0 Å². The SMILES string of the molecule is CCCCOc1ccc(CN2C(=O)C3(OCCCO3)c3cc(C)ccc32)cc1. The Morgan fingerprint density at radius 2 is 1.86 bits per heavy atom. The van der Waals surface area contributed by atoms with Gasteiger partial charge in [-0.2, -0.15) is 0 Å². The fourth-order valence-electron chi connectivity index (χ4n) is 3.73. The monoisotopic (exact) mass is 381 g/mol. The van der Waals surface area contributed by atoms with Crippen molar-refractivity contribution in [2.24, 2.45) is 0 Å². The van der Waals surface area contributed by atoms with Crippen LogP contribution in [0, 0.1) is 6.92 Å². The molecule has 28 heavy (non-hydrogen) atoms. The minimum absolute atomic E-state index is 0.143. The van der Waals surface area contributed by atoms with Gasteiger partial charge in [0.2, 0.25) is 0 Å². The summed E-state index contributed by atoms with van der Waals surface area (Å²) in [6.45, 7) is 6.41.